The summed E-state index contributed by atoms with van der Waals surface area (Å²) in [6, 6.07) is 2.77. The molecule has 146 valence electrons. The molecular weight excluding hydrogens is 508 g/mol. The molecule has 6 nitrogen and oxygen atoms in total. The zero-order chi connectivity index (χ0) is 18.9. The Morgan fingerprint density at radius 3 is 1.65 bits per heavy atom. The molecule has 0 spiro atoms. The van der Waals surface area contributed by atoms with Crippen molar-refractivity contribution in [3.63, 3.8) is 0 Å². The number of piperidine rings is 2. The van der Waals surface area contributed by atoms with Gasteiger partial charge in [-0.3, -0.25) is 0 Å². The minimum Gasteiger partial charge on any atom is -0.207 e. The number of nitrogens with zero attached hydrogens (tertiary/aromatic N) is 2. The third kappa shape index (κ3) is 4.05. The van der Waals surface area contributed by atoms with Crippen LogP contribution in [0, 0.1) is 0 Å². The van der Waals surface area contributed by atoms with Gasteiger partial charge in [0, 0.05) is 30.7 Å². The van der Waals surface area contributed by atoms with E-state index in [1.807, 2.05) is 0 Å². The molecule has 0 aliphatic carbocycles. The fourth-order valence-corrected chi connectivity index (χ4v) is 8.24. The molecule has 0 radical (unpaired) electrons. The van der Waals surface area contributed by atoms with Crippen LogP contribution in [0.1, 0.15) is 38.5 Å². The van der Waals surface area contributed by atoms with Crippen LogP contribution in [0.3, 0.4) is 0 Å². The van der Waals surface area contributed by atoms with E-state index in [1.54, 1.807) is 0 Å². The molecule has 3 rings (SSSR count). The van der Waals surface area contributed by atoms with E-state index >= 15 is 0 Å². The molecule has 26 heavy (non-hydrogen) atoms. The van der Waals surface area contributed by atoms with Crippen LogP contribution < -0.4 is 0 Å². The Hall–Kier alpha value is -0.000000000000000160. The second kappa shape index (κ2) is 8.16. The lowest BCUT2D eigenvalue weighted by Crippen LogP contribution is -2.37. The van der Waals surface area contributed by atoms with Crippen LogP contribution in [0.2, 0.25) is 0 Å². The largest absolute Gasteiger partial charge is 0.244 e. The maximum absolute atomic E-state index is 13.1. The van der Waals surface area contributed by atoms with Crippen molar-refractivity contribution >= 4 is 51.9 Å². The summed E-state index contributed by atoms with van der Waals surface area (Å²) in [5.41, 5.74) is 0. The lowest BCUT2D eigenvalue weighted by atomic mass is 10.2. The van der Waals surface area contributed by atoms with Gasteiger partial charge in [-0.1, -0.05) is 12.8 Å². The molecule has 2 aliphatic heterocycles. The maximum atomic E-state index is 13.1. The van der Waals surface area contributed by atoms with E-state index in [4.69, 9.17) is 0 Å². The average molecular weight is 530 g/mol. The van der Waals surface area contributed by atoms with Crippen LogP contribution in [0.4, 0.5) is 0 Å². The van der Waals surface area contributed by atoms with Crippen LogP contribution >= 0.6 is 31.9 Å². The van der Waals surface area contributed by atoms with E-state index in [9.17, 15) is 16.8 Å². The van der Waals surface area contributed by atoms with Crippen molar-refractivity contribution < 1.29 is 16.8 Å². The highest BCUT2D eigenvalue weighted by molar-refractivity contribution is 9.13. The third-order valence-corrected chi connectivity index (χ3v) is 10.9. The van der Waals surface area contributed by atoms with Gasteiger partial charge in [-0.05, 0) is 69.7 Å². The van der Waals surface area contributed by atoms with Gasteiger partial charge in [0.1, 0.15) is 0 Å². The van der Waals surface area contributed by atoms with Crippen LogP contribution in [0.15, 0.2) is 30.9 Å². The Labute approximate surface area is 172 Å². The molecule has 1 aromatic carbocycles. The number of halogens is 2. The minimum absolute atomic E-state index is 0.00404. The van der Waals surface area contributed by atoms with E-state index in [1.165, 1.54) is 20.7 Å². The first kappa shape index (κ1) is 20.7. The second-order valence-electron chi connectivity index (χ2n) is 6.65. The van der Waals surface area contributed by atoms with Crippen molar-refractivity contribution in [2.75, 3.05) is 26.2 Å². The fourth-order valence-electron chi connectivity index (χ4n) is 3.38. The van der Waals surface area contributed by atoms with E-state index in [0.717, 1.165) is 38.5 Å². The first-order chi connectivity index (χ1) is 12.2. The monoisotopic (exact) mass is 528 g/mol. The lowest BCUT2D eigenvalue weighted by molar-refractivity contribution is 0.345. The minimum atomic E-state index is -3.76. The molecule has 10 heteroatoms. The molecule has 0 N–H and O–H groups in total. The topological polar surface area (TPSA) is 74.8 Å². The highest BCUT2D eigenvalue weighted by atomic mass is 79.9. The van der Waals surface area contributed by atoms with Gasteiger partial charge in [0.15, 0.2) is 0 Å². The first-order valence-electron chi connectivity index (χ1n) is 8.74. The van der Waals surface area contributed by atoms with Crippen molar-refractivity contribution in [1.82, 2.24) is 8.61 Å². The zero-order valence-electron chi connectivity index (χ0n) is 14.3. The Balaban J connectivity index is 2.04. The summed E-state index contributed by atoms with van der Waals surface area (Å²) >= 11 is 6.64. The molecule has 0 amide bonds. The van der Waals surface area contributed by atoms with E-state index in [-0.39, 0.29) is 9.79 Å². The highest BCUT2D eigenvalue weighted by Gasteiger charge is 2.32. The smallest absolute Gasteiger partial charge is 0.207 e. The van der Waals surface area contributed by atoms with E-state index in [2.05, 4.69) is 31.9 Å². The number of sulfonamides is 2. The molecule has 0 atom stereocenters. The van der Waals surface area contributed by atoms with Gasteiger partial charge < -0.3 is 0 Å². The molecule has 2 saturated heterocycles. The highest BCUT2D eigenvalue weighted by Crippen LogP contribution is 2.36. The maximum Gasteiger partial charge on any atom is 0.244 e. The normalized spacial score (nSPS) is 21.0. The Morgan fingerprint density at radius 1 is 0.692 bits per heavy atom. The van der Waals surface area contributed by atoms with Gasteiger partial charge in [-0.25, -0.2) is 16.8 Å². The summed E-state index contributed by atoms with van der Waals surface area (Å²) < 4.78 is 55.8. The molecular formula is C16H22Br2N2O4S2. The number of hydrogen-bond acceptors (Lipinski definition) is 4. The van der Waals surface area contributed by atoms with E-state index in [0.29, 0.717) is 35.1 Å². The second-order valence-corrected chi connectivity index (χ2v) is 12.1. The van der Waals surface area contributed by atoms with Crippen LogP contribution in [-0.4, -0.2) is 51.6 Å². The predicted molar refractivity (Wildman–Crippen MR) is 107 cm³/mol. The zero-order valence-corrected chi connectivity index (χ0v) is 19.1. The Kier molecular flexibility index (Phi) is 6.51. The van der Waals surface area contributed by atoms with Gasteiger partial charge in [0.05, 0.1) is 14.3 Å². The standard InChI is InChI=1S/C16H22Br2N2O4S2/c17-14-11-13(25(21,22)19-7-3-1-4-8-19)12-15(16(14)18)26(23,24)20-9-5-2-6-10-20/h11-12H,1-10H2. The fraction of sp³-hybridized carbons (Fsp3) is 0.625. The van der Waals surface area contributed by atoms with Crippen LogP contribution in [0.5, 0.6) is 0 Å². The number of hydrogen-bond donors (Lipinski definition) is 0. The Bertz CT molecular complexity index is 876. The molecule has 0 saturated carbocycles. The van der Waals surface area contributed by atoms with Gasteiger partial charge in [0.25, 0.3) is 0 Å². The van der Waals surface area contributed by atoms with Gasteiger partial charge >= 0.3 is 0 Å². The summed E-state index contributed by atoms with van der Waals surface area (Å²) in [6.45, 7) is 1.89. The molecule has 2 aliphatic rings. The molecule has 1 aromatic rings. The number of rotatable bonds is 4. The summed E-state index contributed by atoms with van der Waals surface area (Å²) in [5, 5.41) is 0. The molecule has 2 fully saturated rings. The van der Waals surface area contributed by atoms with Gasteiger partial charge in [0.2, 0.25) is 20.0 Å². The third-order valence-electron chi connectivity index (χ3n) is 4.85. The summed E-state index contributed by atoms with van der Waals surface area (Å²) in [6.07, 6.45) is 5.34. The molecule has 0 bridgehead atoms. The van der Waals surface area contributed by atoms with Crippen molar-refractivity contribution in [3.8, 4) is 0 Å². The van der Waals surface area contributed by atoms with Crippen LogP contribution in [-0.2, 0) is 20.0 Å². The summed E-state index contributed by atoms with van der Waals surface area (Å²) in [5.74, 6) is 0. The lowest BCUT2D eigenvalue weighted by Gasteiger charge is -2.28. The van der Waals surface area contributed by atoms with Crippen molar-refractivity contribution in [2.24, 2.45) is 0 Å². The van der Waals surface area contributed by atoms with Crippen molar-refractivity contribution in [1.29, 1.82) is 0 Å². The molecule has 2 heterocycles. The first-order valence-corrected chi connectivity index (χ1v) is 13.2. The Morgan fingerprint density at radius 2 is 1.15 bits per heavy atom. The summed E-state index contributed by atoms with van der Waals surface area (Å²) in [4.78, 5) is 0.0226. The average Bonchev–Trinajstić information content (AvgIpc) is 2.65. The van der Waals surface area contributed by atoms with E-state index < -0.39 is 20.0 Å². The summed E-state index contributed by atoms with van der Waals surface area (Å²) in [7, 11) is -7.47. The quantitative estimate of drug-likeness (QED) is 0.597. The van der Waals surface area contributed by atoms with Crippen LogP contribution in [0.25, 0.3) is 0 Å². The molecule has 0 aromatic heterocycles. The van der Waals surface area contributed by atoms with Gasteiger partial charge in [-0.15, -0.1) is 0 Å². The SMILES string of the molecule is O=S(=O)(c1cc(Br)c(Br)c(S(=O)(=O)N2CCCCC2)c1)N1CCCCC1. The van der Waals surface area contributed by atoms with Crippen molar-refractivity contribution in [2.45, 2.75) is 48.3 Å². The van der Waals surface area contributed by atoms with Gasteiger partial charge in [-0.2, -0.15) is 8.61 Å². The van der Waals surface area contributed by atoms with Crippen molar-refractivity contribution in [3.05, 3.63) is 21.1 Å². The molecule has 0 unspecified atom stereocenters. The predicted octanol–water partition coefficient (Wildman–Crippen LogP) is 3.56. The number of benzene rings is 1.